The molecule has 0 bridgehead atoms. The smallest absolute Gasteiger partial charge is 0.243 e. The highest BCUT2D eigenvalue weighted by molar-refractivity contribution is 7.93. The summed E-state index contributed by atoms with van der Waals surface area (Å²) in [5, 5.41) is 7.22. The molecule has 1 aromatic carbocycles. The van der Waals surface area contributed by atoms with Crippen LogP contribution in [0.15, 0.2) is 36.7 Å². The summed E-state index contributed by atoms with van der Waals surface area (Å²) in [4.78, 5) is 8.58. The van der Waals surface area contributed by atoms with Gasteiger partial charge in [0.25, 0.3) is 0 Å². The first-order chi connectivity index (χ1) is 16.6. The summed E-state index contributed by atoms with van der Waals surface area (Å²) >= 11 is 0. The van der Waals surface area contributed by atoms with Crippen LogP contribution in [0.4, 0.5) is 10.3 Å². The van der Waals surface area contributed by atoms with Crippen LogP contribution in [-0.2, 0) is 14.8 Å². The molecule has 0 unspecified atom stereocenters. The second-order valence-corrected chi connectivity index (χ2v) is 11.0. The van der Waals surface area contributed by atoms with Gasteiger partial charge in [-0.3, -0.25) is 9.29 Å². The van der Waals surface area contributed by atoms with E-state index in [0.29, 0.717) is 17.8 Å². The first kappa shape index (κ1) is 24.9. The molecule has 1 aliphatic heterocycles. The van der Waals surface area contributed by atoms with Gasteiger partial charge in [0.15, 0.2) is 5.82 Å². The maximum atomic E-state index is 15.0. The molecule has 0 fully saturated rings. The fourth-order valence-corrected chi connectivity index (χ4v) is 5.00. The molecular weight excluding hydrogens is 471 g/mol. The van der Waals surface area contributed by atoms with Crippen LogP contribution < -0.4 is 4.72 Å². The molecule has 3 aromatic rings. The summed E-state index contributed by atoms with van der Waals surface area (Å²) in [7, 11) is -4.09. The number of halogens is 1. The van der Waals surface area contributed by atoms with Crippen LogP contribution in [0.3, 0.4) is 0 Å². The van der Waals surface area contributed by atoms with Crippen molar-refractivity contribution in [1.29, 1.82) is 0 Å². The molecule has 3 heterocycles. The maximum Gasteiger partial charge on any atom is 0.243 e. The van der Waals surface area contributed by atoms with Crippen molar-refractivity contribution in [2.75, 3.05) is 4.72 Å². The van der Waals surface area contributed by atoms with E-state index in [1.54, 1.807) is 24.5 Å². The van der Waals surface area contributed by atoms with E-state index >= 15 is 4.39 Å². The van der Waals surface area contributed by atoms with Gasteiger partial charge in [-0.15, -0.1) is 10.2 Å². The number of allylic oxidation sites excluding steroid dienone is 1. The number of ether oxygens (including phenoxy) is 1. The second-order valence-electron chi connectivity index (χ2n) is 9.01. The number of hydrogen-bond donors (Lipinski definition) is 1. The predicted octanol–water partition coefficient (Wildman–Crippen LogP) is 4.32. The number of nitrogens with zero attached hydrogens (tertiary/aromatic N) is 5. The molecule has 0 radical (unpaired) electrons. The number of para-hydroxylation sites is 1. The Morgan fingerprint density at radius 2 is 1.89 bits per heavy atom. The quantitative estimate of drug-likeness (QED) is 0.514. The minimum absolute atomic E-state index is 0.0894. The molecular formula is C24H29FN6O3S. The van der Waals surface area contributed by atoms with E-state index in [9.17, 15) is 8.42 Å². The zero-order chi connectivity index (χ0) is 25.3. The molecule has 35 heavy (non-hydrogen) atoms. The summed E-state index contributed by atoms with van der Waals surface area (Å²) in [6.45, 7) is 8.91. The molecule has 9 nitrogen and oxygen atoms in total. The van der Waals surface area contributed by atoms with Crippen molar-refractivity contribution in [1.82, 2.24) is 24.7 Å². The molecule has 0 amide bonds. The van der Waals surface area contributed by atoms with Crippen LogP contribution in [0.25, 0.3) is 11.8 Å². The lowest BCUT2D eigenvalue weighted by Gasteiger charge is -2.26. The van der Waals surface area contributed by atoms with Crippen LogP contribution in [-0.4, -0.2) is 44.5 Å². The van der Waals surface area contributed by atoms with Crippen molar-refractivity contribution >= 4 is 22.0 Å². The van der Waals surface area contributed by atoms with Crippen LogP contribution in [0.5, 0.6) is 0 Å². The van der Waals surface area contributed by atoms with Gasteiger partial charge in [0, 0.05) is 23.9 Å². The standard InChI is InChI=1S/C24H29FN6O3S/c1-14(2)34-21(22-26-12-15(3)13-27-22)17(5)35(32,33)30-24-29-28-23-16(4)8-6-9-18-10-7-11-19(25)20(18)31(23)24/h6-7,9-14,16-17,21H,8H2,1-5H3,(H,29,30)/b9-6-/t16-,17-,21+/m0/s1. The summed E-state index contributed by atoms with van der Waals surface area (Å²) in [6, 6.07) is 4.69. The summed E-state index contributed by atoms with van der Waals surface area (Å²) in [5.74, 6) is 0.00953. The van der Waals surface area contributed by atoms with Gasteiger partial charge < -0.3 is 4.74 Å². The van der Waals surface area contributed by atoms with Crippen molar-refractivity contribution in [2.45, 2.75) is 64.4 Å². The van der Waals surface area contributed by atoms with E-state index in [0.717, 1.165) is 5.56 Å². The molecule has 0 saturated carbocycles. The molecule has 186 valence electrons. The molecule has 0 saturated heterocycles. The maximum absolute atomic E-state index is 15.0. The number of sulfonamides is 1. The average Bonchev–Trinajstić information content (AvgIpc) is 3.18. The fraction of sp³-hybridized carbons (Fsp3) is 0.417. The normalized spacial score (nSPS) is 18.2. The van der Waals surface area contributed by atoms with E-state index in [1.165, 1.54) is 17.6 Å². The Kier molecular flexibility index (Phi) is 7.00. The van der Waals surface area contributed by atoms with Gasteiger partial charge in [-0.25, -0.2) is 22.8 Å². The first-order valence-electron chi connectivity index (χ1n) is 11.4. The van der Waals surface area contributed by atoms with E-state index < -0.39 is 27.2 Å². The zero-order valence-electron chi connectivity index (χ0n) is 20.3. The molecule has 3 atom stereocenters. The third-order valence-corrected chi connectivity index (χ3v) is 7.47. The highest BCUT2D eigenvalue weighted by Crippen LogP contribution is 2.33. The molecule has 1 N–H and O–H groups in total. The van der Waals surface area contributed by atoms with Gasteiger partial charge in [0.2, 0.25) is 16.0 Å². The fourth-order valence-electron chi connectivity index (χ4n) is 3.92. The van der Waals surface area contributed by atoms with Crippen LogP contribution in [0.1, 0.15) is 68.9 Å². The molecule has 0 spiro atoms. The lowest BCUT2D eigenvalue weighted by atomic mass is 10.0. The van der Waals surface area contributed by atoms with Gasteiger partial charge in [-0.05, 0) is 45.7 Å². The number of hydrogen-bond acceptors (Lipinski definition) is 7. The molecule has 0 aliphatic carbocycles. The van der Waals surface area contributed by atoms with Gasteiger partial charge in [-0.2, -0.15) is 0 Å². The largest absolute Gasteiger partial charge is 0.366 e. The van der Waals surface area contributed by atoms with Crippen LogP contribution >= 0.6 is 0 Å². The molecule has 2 aromatic heterocycles. The topological polar surface area (TPSA) is 112 Å². The number of fused-ring (bicyclic) bond motifs is 3. The SMILES string of the molecule is Cc1cnc([C@H](OC(C)C)[C@H](C)S(=O)(=O)Nc2nnc3n2-c2c(F)cccc2/C=C\C[C@@H]3C)nc1. The summed E-state index contributed by atoms with van der Waals surface area (Å²) in [5.41, 5.74) is 1.63. The van der Waals surface area contributed by atoms with E-state index in [-0.39, 0.29) is 29.5 Å². The van der Waals surface area contributed by atoms with E-state index in [2.05, 4.69) is 24.9 Å². The minimum atomic E-state index is -4.09. The number of rotatable bonds is 7. The third-order valence-electron chi connectivity index (χ3n) is 5.78. The first-order valence-corrected chi connectivity index (χ1v) is 13.0. The van der Waals surface area contributed by atoms with Crippen molar-refractivity contribution in [3.8, 4) is 5.69 Å². The summed E-state index contributed by atoms with van der Waals surface area (Å²) in [6.07, 6.45) is 6.43. The highest BCUT2D eigenvalue weighted by Gasteiger charge is 2.36. The average molecular weight is 501 g/mol. The number of anilines is 1. The van der Waals surface area contributed by atoms with Crippen LogP contribution in [0, 0.1) is 12.7 Å². The van der Waals surface area contributed by atoms with Gasteiger partial charge >= 0.3 is 0 Å². The van der Waals surface area contributed by atoms with Crippen LogP contribution in [0.2, 0.25) is 0 Å². The number of benzene rings is 1. The Hall–Kier alpha value is -3.18. The molecule has 4 rings (SSSR count). The number of nitrogens with one attached hydrogen (secondary N) is 1. The van der Waals surface area contributed by atoms with Crippen molar-refractivity contribution in [3.05, 3.63) is 65.3 Å². The Morgan fingerprint density at radius 1 is 1.17 bits per heavy atom. The Labute approximate surface area is 204 Å². The number of aryl methyl sites for hydroxylation is 1. The second kappa shape index (κ2) is 9.82. The third kappa shape index (κ3) is 5.10. The van der Waals surface area contributed by atoms with Gasteiger partial charge in [-0.1, -0.05) is 31.2 Å². The molecule has 1 aliphatic rings. The highest BCUT2D eigenvalue weighted by atomic mass is 32.2. The Balaban J connectivity index is 1.75. The Bertz CT molecular complexity index is 1340. The number of aromatic nitrogens is 5. The summed E-state index contributed by atoms with van der Waals surface area (Å²) < 4.78 is 52.0. The van der Waals surface area contributed by atoms with Crippen molar-refractivity contribution in [2.24, 2.45) is 0 Å². The van der Waals surface area contributed by atoms with Gasteiger partial charge in [0.1, 0.15) is 23.0 Å². The predicted molar refractivity (Wildman–Crippen MR) is 131 cm³/mol. The van der Waals surface area contributed by atoms with E-state index in [1.807, 2.05) is 39.8 Å². The van der Waals surface area contributed by atoms with Crippen molar-refractivity contribution in [3.63, 3.8) is 0 Å². The zero-order valence-corrected chi connectivity index (χ0v) is 21.1. The monoisotopic (exact) mass is 500 g/mol. The lowest BCUT2D eigenvalue weighted by molar-refractivity contribution is 0.00152. The molecule has 11 heteroatoms. The lowest BCUT2D eigenvalue weighted by Crippen LogP contribution is -2.35. The van der Waals surface area contributed by atoms with Crippen molar-refractivity contribution < 1.29 is 17.5 Å². The Morgan fingerprint density at radius 3 is 2.57 bits per heavy atom. The minimum Gasteiger partial charge on any atom is -0.366 e. The van der Waals surface area contributed by atoms with E-state index in [4.69, 9.17) is 4.74 Å². The van der Waals surface area contributed by atoms with Gasteiger partial charge in [0.05, 0.1) is 11.8 Å².